The number of benzene rings is 2. The van der Waals surface area contributed by atoms with Crippen molar-refractivity contribution in [1.29, 1.82) is 5.26 Å². The topological polar surface area (TPSA) is 97.7 Å². The van der Waals surface area contributed by atoms with E-state index in [1.807, 2.05) is 18.2 Å². The highest BCUT2D eigenvalue weighted by Gasteiger charge is 2.41. The van der Waals surface area contributed by atoms with Gasteiger partial charge in [-0.15, -0.1) is 0 Å². The van der Waals surface area contributed by atoms with Crippen molar-refractivity contribution in [3.63, 3.8) is 0 Å². The number of rotatable bonds is 5. The molecule has 0 aliphatic carbocycles. The zero-order valence-corrected chi connectivity index (χ0v) is 19.3. The minimum absolute atomic E-state index is 0.239. The molecule has 0 atom stereocenters. The quantitative estimate of drug-likeness (QED) is 0.775. The Morgan fingerprint density at radius 2 is 2.00 bits per heavy atom. The van der Waals surface area contributed by atoms with Crippen molar-refractivity contribution in [3.8, 4) is 17.6 Å². The molecule has 0 bridgehead atoms. The first-order valence-corrected chi connectivity index (χ1v) is 10.8. The van der Waals surface area contributed by atoms with E-state index in [1.54, 1.807) is 13.2 Å². The van der Waals surface area contributed by atoms with E-state index in [1.165, 1.54) is 0 Å². The Morgan fingerprint density at radius 1 is 1.25 bits per heavy atom. The molecule has 2 aliphatic heterocycles. The summed E-state index contributed by atoms with van der Waals surface area (Å²) in [6.45, 7) is 8.32. The van der Waals surface area contributed by atoms with Crippen LogP contribution < -0.4 is 15.2 Å². The number of aliphatic imine (C=N–C) groups is 1. The summed E-state index contributed by atoms with van der Waals surface area (Å²) >= 11 is 0. The fourth-order valence-electron chi connectivity index (χ4n) is 4.95. The van der Waals surface area contributed by atoms with Gasteiger partial charge in [0.1, 0.15) is 5.60 Å². The molecule has 0 radical (unpaired) electrons. The molecule has 2 heterocycles. The number of fused-ring (bicyclic) bond motifs is 3. The predicted octanol–water partition coefficient (Wildman–Crippen LogP) is 3.94. The number of primary amides is 1. The molecule has 0 saturated heterocycles. The van der Waals surface area contributed by atoms with E-state index in [0.29, 0.717) is 24.2 Å². The molecule has 6 heteroatoms. The van der Waals surface area contributed by atoms with Gasteiger partial charge in [0, 0.05) is 40.8 Å². The highest BCUT2D eigenvalue weighted by atomic mass is 16.5. The number of carbonyl (C=O) groups excluding carboxylic acids is 1. The van der Waals surface area contributed by atoms with Crippen molar-refractivity contribution in [3.05, 3.63) is 57.6 Å². The summed E-state index contributed by atoms with van der Waals surface area (Å²) in [7, 11) is 1.63. The van der Waals surface area contributed by atoms with Crippen LogP contribution in [0, 0.1) is 11.3 Å². The average Bonchev–Trinajstić information content (AvgIpc) is 3.02. The van der Waals surface area contributed by atoms with Crippen LogP contribution in [-0.2, 0) is 25.7 Å². The maximum Gasteiger partial charge on any atom is 0.248 e. The van der Waals surface area contributed by atoms with Gasteiger partial charge in [-0.05, 0) is 57.4 Å². The molecular weight excluding hydrogens is 402 g/mol. The van der Waals surface area contributed by atoms with Crippen LogP contribution in [0.15, 0.2) is 29.3 Å². The average molecular weight is 432 g/mol. The lowest BCUT2D eigenvalue weighted by atomic mass is 9.78. The molecule has 0 spiro atoms. The number of amides is 1. The Bertz CT molecular complexity index is 1190. The largest absolute Gasteiger partial charge is 0.493 e. The summed E-state index contributed by atoms with van der Waals surface area (Å²) < 4.78 is 12.1. The highest BCUT2D eigenvalue weighted by Crippen LogP contribution is 2.50. The van der Waals surface area contributed by atoms with Crippen LogP contribution in [0.25, 0.3) is 0 Å². The molecule has 0 fully saturated rings. The van der Waals surface area contributed by atoms with Crippen molar-refractivity contribution in [1.82, 2.24) is 0 Å². The fourth-order valence-corrected chi connectivity index (χ4v) is 4.95. The summed E-state index contributed by atoms with van der Waals surface area (Å²) in [5.41, 5.74) is 11.3. The number of nitriles is 1. The molecular formula is C26H29N3O3. The van der Waals surface area contributed by atoms with E-state index >= 15 is 0 Å². The van der Waals surface area contributed by atoms with Crippen molar-refractivity contribution in [2.24, 2.45) is 10.7 Å². The summed E-state index contributed by atoms with van der Waals surface area (Å²) in [5.74, 6) is 0.939. The van der Waals surface area contributed by atoms with Crippen molar-refractivity contribution >= 4 is 11.6 Å². The zero-order chi connectivity index (χ0) is 23.3. The molecule has 1 amide bonds. The van der Waals surface area contributed by atoms with Crippen LogP contribution >= 0.6 is 0 Å². The molecule has 6 nitrogen and oxygen atoms in total. The standard InChI is InChI=1S/C26H29N3O3/c1-25(2)13-18-17(9-10-27)22(31-5)23-19(14-26(3,4)32-23)21(18)20(29-25)12-15-7-6-8-16(11-15)24(28)30/h6-8,11H,9,12-14H2,1-5H3,(H2,28,30). The van der Waals surface area contributed by atoms with Crippen LogP contribution in [-0.4, -0.2) is 29.9 Å². The van der Waals surface area contributed by atoms with Crippen molar-refractivity contribution in [2.45, 2.75) is 64.5 Å². The first-order valence-electron chi connectivity index (χ1n) is 10.8. The maximum absolute atomic E-state index is 11.7. The minimum Gasteiger partial charge on any atom is -0.493 e. The second kappa shape index (κ2) is 7.67. The lowest BCUT2D eigenvalue weighted by Gasteiger charge is -2.32. The fraction of sp³-hybridized carbons (Fsp3) is 0.423. The third kappa shape index (κ3) is 3.84. The van der Waals surface area contributed by atoms with Crippen molar-refractivity contribution < 1.29 is 14.3 Å². The van der Waals surface area contributed by atoms with Gasteiger partial charge in [-0.3, -0.25) is 9.79 Å². The second-order valence-electron chi connectivity index (χ2n) is 9.84. The van der Waals surface area contributed by atoms with E-state index in [2.05, 4.69) is 33.8 Å². The molecule has 2 aromatic rings. The van der Waals surface area contributed by atoms with Crippen LogP contribution in [0.2, 0.25) is 0 Å². The Balaban J connectivity index is 1.94. The number of methoxy groups -OCH3 is 1. The van der Waals surface area contributed by atoms with Gasteiger partial charge in [0.2, 0.25) is 5.91 Å². The maximum atomic E-state index is 11.7. The van der Waals surface area contributed by atoms with Crippen LogP contribution in [0.5, 0.6) is 11.5 Å². The van der Waals surface area contributed by atoms with E-state index in [-0.39, 0.29) is 17.6 Å². The first kappa shape index (κ1) is 21.9. The smallest absolute Gasteiger partial charge is 0.248 e. The van der Waals surface area contributed by atoms with E-state index < -0.39 is 5.91 Å². The zero-order valence-electron chi connectivity index (χ0n) is 19.3. The van der Waals surface area contributed by atoms with Gasteiger partial charge in [0.05, 0.1) is 25.1 Å². The first-order chi connectivity index (χ1) is 15.0. The number of hydrogen-bond acceptors (Lipinski definition) is 5. The third-order valence-electron chi connectivity index (χ3n) is 6.08. The van der Waals surface area contributed by atoms with E-state index in [4.69, 9.17) is 20.2 Å². The minimum atomic E-state index is -0.449. The van der Waals surface area contributed by atoms with Crippen LogP contribution in [0.1, 0.15) is 65.9 Å². The van der Waals surface area contributed by atoms with Gasteiger partial charge >= 0.3 is 0 Å². The van der Waals surface area contributed by atoms with Gasteiger partial charge in [-0.25, -0.2) is 0 Å². The number of carbonyl (C=O) groups is 1. The lowest BCUT2D eigenvalue weighted by molar-refractivity contribution is 0.1000. The highest BCUT2D eigenvalue weighted by molar-refractivity contribution is 6.07. The van der Waals surface area contributed by atoms with Gasteiger partial charge in [-0.2, -0.15) is 5.26 Å². The van der Waals surface area contributed by atoms with Gasteiger partial charge in [-0.1, -0.05) is 12.1 Å². The number of hydrogen-bond donors (Lipinski definition) is 1. The monoisotopic (exact) mass is 431 g/mol. The molecule has 2 aromatic carbocycles. The Labute approximate surface area is 189 Å². The number of ether oxygens (including phenoxy) is 2. The molecule has 4 rings (SSSR count). The van der Waals surface area contributed by atoms with Crippen molar-refractivity contribution in [2.75, 3.05) is 7.11 Å². The SMILES string of the molecule is COc1c(CC#N)c2c(c3c1OC(C)(C)C3)C(Cc1cccc(C(N)=O)c1)=NC(C)(C)C2. The molecule has 2 aliphatic rings. The predicted molar refractivity (Wildman–Crippen MR) is 124 cm³/mol. The Hall–Kier alpha value is -3.33. The van der Waals surface area contributed by atoms with E-state index in [0.717, 1.165) is 45.7 Å². The summed E-state index contributed by atoms with van der Waals surface area (Å²) in [6, 6.07) is 9.68. The van der Waals surface area contributed by atoms with Gasteiger partial charge < -0.3 is 15.2 Å². The molecule has 32 heavy (non-hydrogen) atoms. The summed E-state index contributed by atoms with van der Waals surface area (Å²) in [6.07, 6.45) is 2.24. The van der Waals surface area contributed by atoms with Crippen LogP contribution in [0.3, 0.4) is 0 Å². The summed E-state index contributed by atoms with van der Waals surface area (Å²) in [5, 5.41) is 9.59. The summed E-state index contributed by atoms with van der Waals surface area (Å²) in [4.78, 5) is 16.8. The molecule has 0 aromatic heterocycles. The van der Waals surface area contributed by atoms with Gasteiger partial charge in [0.15, 0.2) is 11.5 Å². The second-order valence-corrected chi connectivity index (χ2v) is 9.84. The molecule has 0 saturated carbocycles. The Morgan fingerprint density at radius 3 is 2.66 bits per heavy atom. The van der Waals surface area contributed by atoms with Crippen LogP contribution in [0.4, 0.5) is 0 Å². The number of nitrogens with two attached hydrogens (primary N) is 1. The molecule has 166 valence electrons. The molecule has 0 unspecified atom stereocenters. The lowest BCUT2D eigenvalue weighted by Crippen LogP contribution is -2.32. The normalized spacial score (nSPS) is 17.4. The van der Waals surface area contributed by atoms with E-state index in [9.17, 15) is 10.1 Å². The molecule has 2 N–H and O–H groups in total. The van der Waals surface area contributed by atoms with Gasteiger partial charge in [0.25, 0.3) is 0 Å². The number of nitrogens with zero attached hydrogens (tertiary/aromatic N) is 2. The third-order valence-corrected chi connectivity index (χ3v) is 6.08. The Kier molecular flexibility index (Phi) is 5.24.